The number of anilines is 1. The van der Waals surface area contributed by atoms with Gasteiger partial charge in [0.25, 0.3) is 5.91 Å². The van der Waals surface area contributed by atoms with Crippen molar-refractivity contribution < 1.29 is 19.0 Å². The van der Waals surface area contributed by atoms with Gasteiger partial charge in [-0.15, -0.1) is 0 Å². The number of rotatable bonds is 4. The topological polar surface area (TPSA) is 56.8 Å². The Balaban J connectivity index is 1.62. The maximum atomic E-state index is 12.1. The van der Waals surface area contributed by atoms with Crippen LogP contribution in [0, 0.1) is 0 Å². The van der Waals surface area contributed by atoms with Gasteiger partial charge in [-0.05, 0) is 43.3 Å². The van der Waals surface area contributed by atoms with E-state index in [4.69, 9.17) is 25.8 Å². The van der Waals surface area contributed by atoms with Crippen LogP contribution in [0.25, 0.3) is 0 Å². The van der Waals surface area contributed by atoms with Crippen LogP contribution < -0.4 is 19.5 Å². The van der Waals surface area contributed by atoms with Crippen molar-refractivity contribution in [1.82, 2.24) is 0 Å². The fraction of sp³-hybridized carbons (Fsp3) is 0.188. The van der Waals surface area contributed by atoms with Crippen molar-refractivity contribution in [2.24, 2.45) is 0 Å². The zero-order valence-corrected chi connectivity index (χ0v) is 12.6. The molecule has 2 aromatic rings. The maximum Gasteiger partial charge on any atom is 0.265 e. The number of carbonyl (C=O) groups excluding carboxylic acids is 1. The Kier molecular flexibility index (Phi) is 4.06. The molecule has 0 fully saturated rings. The molecule has 0 aromatic heterocycles. The van der Waals surface area contributed by atoms with Crippen molar-refractivity contribution in [1.29, 1.82) is 0 Å². The van der Waals surface area contributed by atoms with Crippen molar-refractivity contribution >= 4 is 23.2 Å². The van der Waals surface area contributed by atoms with E-state index in [1.165, 1.54) is 0 Å². The summed E-state index contributed by atoms with van der Waals surface area (Å²) in [5.41, 5.74) is 0.626. The number of fused-ring (bicyclic) bond motifs is 1. The summed E-state index contributed by atoms with van der Waals surface area (Å²) in [5, 5.41) is 3.39. The third kappa shape index (κ3) is 3.26. The highest BCUT2D eigenvalue weighted by Gasteiger charge is 2.17. The summed E-state index contributed by atoms with van der Waals surface area (Å²) in [6, 6.07) is 12.1. The third-order valence-corrected chi connectivity index (χ3v) is 3.39. The minimum Gasteiger partial charge on any atom is -0.481 e. The largest absolute Gasteiger partial charge is 0.481 e. The Morgan fingerprint density at radius 1 is 1.18 bits per heavy atom. The van der Waals surface area contributed by atoms with Gasteiger partial charge in [0, 0.05) is 16.8 Å². The lowest BCUT2D eigenvalue weighted by atomic mass is 10.2. The second-order valence-corrected chi connectivity index (χ2v) is 5.21. The lowest BCUT2D eigenvalue weighted by Gasteiger charge is -2.15. The molecule has 22 heavy (non-hydrogen) atoms. The minimum atomic E-state index is -0.647. The van der Waals surface area contributed by atoms with Gasteiger partial charge >= 0.3 is 0 Å². The summed E-state index contributed by atoms with van der Waals surface area (Å²) in [6.07, 6.45) is -0.647. The van der Waals surface area contributed by atoms with Crippen LogP contribution in [0.4, 0.5) is 5.69 Å². The van der Waals surface area contributed by atoms with Crippen molar-refractivity contribution in [2.75, 3.05) is 12.1 Å². The van der Waals surface area contributed by atoms with Crippen molar-refractivity contribution in [3.05, 3.63) is 47.5 Å². The van der Waals surface area contributed by atoms with E-state index in [1.54, 1.807) is 49.4 Å². The molecule has 2 aromatic carbocycles. The highest BCUT2D eigenvalue weighted by molar-refractivity contribution is 6.30. The van der Waals surface area contributed by atoms with Gasteiger partial charge in [-0.3, -0.25) is 4.79 Å². The van der Waals surface area contributed by atoms with E-state index < -0.39 is 6.10 Å². The van der Waals surface area contributed by atoms with E-state index in [-0.39, 0.29) is 12.7 Å². The number of ether oxygens (including phenoxy) is 3. The monoisotopic (exact) mass is 319 g/mol. The van der Waals surface area contributed by atoms with Gasteiger partial charge < -0.3 is 19.5 Å². The third-order valence-electron chi connectivity index (χ3n) is 3.14. The molecular weight excluding hydrogens is 306 g/mol. The Morgan fingerprint density at radius 2 is 1.91 bits per heavy atom. The molecule has 0 radical (unpaired) electrons. The van der Waals surface area contributed by atoms with Crippen molar-refractivity contribution in [2.45, 2.75) is 13.0 Å². The number of hydrogen-bond acceptors (Lipinski definition) is 4. The number of halogens is 1. The molecule has 1 aliphatic heterocycles. The average molecular weight is 320 g/mol. The summed E-state index contributed by atoms with van der Waals surface area (Å²) in [6.45, 7) is 1.87. The van der Waals surface area contributed by atoms with Crippen LogP contribution in [-0.4, -0.2) is 18.8 Å². The average Bonchev–Trinajstić information content (AvgIpc) is 2.97. The molecule has 1 amide bonds. The molecule has 1 atom stereocenters. The molecule has 6 heteroatoms. The number of benzene rings is 2. The molecule has 1 N–H and O–H groups in total. The SMILES string of the molecule is C[C@@H](Oc1ccc(Cl)cc1)C(=O)Nc1ccc2c(c1)OCO2. The lowest BCUT2D eigenvalue weighted by Crippen LogP contribution is -2.30. The fourth-order valence-corrected chi connectivity index (χ4v) is 2.11. The van der Waals surface area contributed by atoms with Gasteiger partial charge in [-0.25, -0.2) is 0 Å². The summed E-state index contributed by atoms with van der Waals surface area (Å²) >= 11 is 5.81. The van der Waals surface area contributed by atoms with Crippen LogP contribution >= 0.6 is 11.6 Å². The first-order valence-electron chi connectivity index (χ1n) is 6.74. The first-order valence-corrected chi connectivity index (χ1v) is 7.12. The van der Waals surface area contributed by atoms with E-state index in [0.717, 1.165) is 0 Å². The minimum absolute atomic E-state index is 0.197. The summed E-state index contributed by atoms with van der Waals surface area (Å²) in [4.78, 5) is 12.1. The quantitative estimate of drug-likeness (QED) is 0.937. The van der Waals surface area contributed by atoms with Gasteiger partial charge in [0.2, 0.25) is 6.79 Å². The van der Waals surface area contributed by atoms with Crippen molar-refractivity contribution in [3.8, 4) is 17.2 Å². The first kappa shape index (κ1) is 14.5. The molecule has 1 aliphatic rings. The molecule has 0 saturated carbocycles. The highest BCUT2D eigenvalue weighted by Crippen LogP contribution is 2.34. The molecule has 0 bridgehead atoms. The van der Waals surface area contributed by atoms with Crippen LogP contribution in [0.1, 0.15) is 6.92 Å². The predicted octanol–water partition coefficient (Wildman–Crippen LogP) is 3.47. The van der Waals surface area contributed by atoms with Crippen LogP contribution in [-0.2, 0) is 4.79 Å². The summed E-state index contributed by atoms with van der Waals surface area (Å²) in [5.74, 6) is 1.61. The molecule has 1 heterocycles. The fourth-order valence-electron chi connectivity index (χ4n) is 1.99. The molecule has 0 aliphatic carbocycles. The Hall–Kier alpha value is -2.40. The first-order chi connectivity index (χ1) is 10.6. The Morgan fingerprint density at radius 3 is 2.68 bits per heavy atom. The maximum absolute atomic E-state index is 12.1. The van der Waals surface area contributed by atoms with Crippen LogP contribution in [0.3, 0.4) is 0 Å². The van der Waals surface area contributed by atoms with Gasteiger partial charge in [0.15, 0.2) is 17.6 Å². The molecule has 3 rings (SSSR count). The van der Waals surface area contributed by atoms with Crippen LogP contribution in [0.15, 0.2) is 42.5 Å². The van der Waals surface area contributed by atoms with Crippen LogP contribution in [0.2, 0.25) is 5.02 Å². The summed E-state index contributed by atoms with van der Waals surface area (Å²) < 4.78 is 16.1. The lowest BCUT2D eigenvalue weighted by molar-refractivity contribution is -0.122. The van der Waals surface area contributed by atoms with Gasteiger partial charge in [0.05, 0.1) is 0 Å². The second-order valence-electron chi connectivity index (χ2n) is 4.77. The van der Waals surface area contributed by atoms with Crippen LogP contribution in [0.5, 0.6) is 17.2 Å². The highest BCUT2D eigenvalue weighted by atomic mass is 35.5. The molecule has 5 nitrogen and oxygen atoms in total. The zero-order valence-electron chi connectivity index (χ0n) is 11.8. The van der Waals surface area contributed by atoms with Gasteiger partial charge in [0.1, 0.15) is 5.75 Å². The second kappa shape index (κ2) is 6.15. The Labute approximate surface area is 132 Å². The number of hydrogen-bond donors (Lipinski definition) is 1. The normalized spacial score (nSPS) is 13.5. The van der Waals surface area contributed by atoms with E-state index in [2.05, 4.69) is 5.32 Å². The van der Waals surface area contributed by atoms with E-state index >= 15 is 0 Å². The van der Waals surface area contributed by atoms with Crippen molar-refractivity contribution in [3.63, 3.8) is 0 Å². The molecular formula is C16H14ClNO4. The Bertz CT molecular complexity index is 687. The molecule has 0 saturated heterocycles. The molecule has 0 spiro atoms. The predicted molar refractivity (Wildman–Crippen MR) is 82.7 cm³/mol. The number of carbonyl (C=O) groups is 1. The smallest absolute Gasteiger partial charge is 0.265 e. The molecule has 114 valence electrons. The number of nitrogens with one attached hydrogen (secondary N) is 1. The van der Waals surface area contributed by atoms with E-state index in [9.17, 15) is 4.79 Å². The summed E-state index contributed by atoms with van der Waals surface area (Å²) in [7, 11) is 0. The van der Waals surface area contributed by atoms with E-state index in [0.29, 0.717) is 28.0 Å². The van der Waals surface area contributed by atoms with E-state index in [1.807, 2.05) is 0 Å². The zero-order chi connectivity index (χ0) is 15.5. The van der Waals surface area contributed by atoms with Gasteiger partial charge in [-0.2, -0.15) is 0 Å². The van der Waals surface area contributed by atoms with Gasteiger partial charge in [-0.1, -0.05) is 11.6 Å². The molecule has 0 unspecified atom stereocenters. The number of amides is 1. The standard InChI is InChI=1S/C16H14ClNO4/c1-10(22-13-5-2-11(17)3-6-13)16(19)18-12-4-7-14-15(8-12)21-9-20-14/h2-8,10H,9H2,1H3,(H,18,19)/t10-/m1/s1.